The van der Waals surface area contributed by atoms with E-state index in [0.29, 0.717) is 6.04 Å². The molecule has 0 radical (unpaired) electrons. The second kappa shape index (κ2) is 7.02. The van der Waals surface area contributed by atoms with E-state index >= 15 is 0 Å². The Morgan fingerprint density at radius 2 is 1.84 bits per heavy atom. The first kappa shape index (κ1) is 15.2. The molecule has 2 atom stereocenters. The molecule has 2 aliphatic rings. The van der Waals surface area contributed by atoms with Gasteiger partial charge >= 0.3 is 0 Å². The number of ether oxygens (including phenoxy) is 1. The van der Waals surface area contributed by atoms with Crippen LogP contribution in [0.4, 0.5) is 0 Å². The van der Waals surface area contributed by atoms with Crippen molar-refractivity contribution >= 4 is 10.0 Å². The van der Waals surface area contributed by atoms with Gasteiger partial charge in [-0.15, -0.1) is 0 Å². The molecule has 0 aliphatic heterocycles. The first-order chi connectivity index (χ1) is 9.09. The molecule has 6 heteroatoms. The summed E-state index contributed by atoms with van der Waals surface area (Å²) in [6.45, 7) is 0.940. The molecule has 5 nitrogen and oxygen atoms in total. The number of nitrogens with one attached hydrogen (secondary N) is 2. The van der Waals surface area contributed by atoms with E-state index in [4.69, 9.17) is 4.74 Å². The summed E-state index contributed by atoms with van der Waals surface area (Å²) in [5.74, 6) is 0.244. The predicted octanol–water partition coefficient (Wildman–Crippen LogP) is 1.01. The lowest BCUT2D eigenvalue weighted by atomic mass is 10.3. The molecule has 2 aliphatic carbocycles. The Balaban J connectivity index is 1.58. The zero-order chi connectivity index (χ0) is 13.7. The fourth-order valence-corrected chi connectivity index (χ4v) is 4.01. The molecule has 0 heterocycles. The van der Waals surface area contributed by atoms with Gasteiger partial charge in [-0.05, 0) is 51.5 Å². The van der Waals surface area contributed by atoms with Crippen molar-refractivity contribution in [1.82, 2.24) is 10.0 Å². The quantitative estimate of drug-likeness (QED) is 0.622. The minimum atomic E-state index is -3.12. The number of rotatable bonds is 9. The van der Waals surface area contributed by atoms with E-state index < -0.39 is 10.0 Å². The maximum absolute atomic E-state index is 11.9. The molecule has 2 fully saturated rings. The first-order valence-corrected chi connectivity index (χ1v) is 9.00. The standard InChI is InChI=1S/C13H26N2O3S/c1-18-13-7-6-12(10-13)15-19(16,17)9-3-2-8-14-11-4-5-11/h11-15H,2-10H2,1H3. The van der Waals surface area contributed by atoms with Crippen LogP contribution in [0.5, 0.6) is 0 Å². The van der Waals surface area contributed by atoms with Crippen molar-refractivity contribution in [3.05, 3.63) is 0 Å². The molecule has 0 bridgehead atoms. The van der Waals surface area contributed by atoms with Crippen LogP contribution in [0.3, 0.4) is 0 Å². The molecular formula is C13H26N2O3S. The van der Waals surface area contributed by atoms with Gasteiger partial charge in [-0.2, -0.15) is 0 Å². The Morgan fingerprint density at radius 3 is 2.47 bits per heavy atom. The van der Waals surface area contributed by atoms with Crippen molar-refractivity contribution in [3.63, 3.8) is 0 Å². The van der Waals surface area contributed by atoms with Gasteiger partial charge in [0.25, 0.3) is 0 Å². The lowest BCUT2D eigenvalue weighted by Crippen LogP contribution is -2.35. The number of unbranched alkanes of at least 4 members (excludes halogenated alkanes) is 1. The Kier molecular flexibility index (Phi) is 5.62. The van der Waals surface area contributed by atoms with Crippen LogP contribution >= 0.6 is 0 Å². The monoisotopic (exact) mass is 290 g/mol. The summed E-state index contributed by atoms with van der Waals surface area (Å²) >= 11 is 0. The summed E-state index contributed by atoms with van der Waals surface area (Å²) < 4.78 is 31.9. The lowest BCUT2D eigenvalue weighted by molar-refractivity contribution is 0.107. The van der Waals surface area contributed by atoms with Crippen molar-refractivity contribution in [2.45, 2.75) is 63.1 Å². The van der Waals surface area contributed by atoms with Crippen LogP contribution in [-0.4, -0.2) is 46.0 Å². The van der Waals surface area contributed by atoms with E-state index in [1.807, 2.05) is 0 Å². The molecule has 0 saturated heterocycles. The van der Waals surface area contributed by atoms with Gasteiger partial charge in [-0.1, -0.05) is 0 Å². The maximum atomic E-state index is 11.9. The Labute approximate surface area is 116 Å². The molecular weight excluding hydrogens is 264 g/mol. The van der Waals surface area contributed by atoms with Crippen molar-refractivity contribution in [1.29, 1.82) is 0 Å². The molecule has 112 valence electrons. The summed E-state index contributed by atoms with van der Waals surface area (Å²) in [4.78, 5) is 0. The largest absolute Gasteiger partial charge is 0.381 e. The van der Waals surface area contributed by atoms with Crippen LogP contribution < -0.4 is 10.0 Å². The fourth-order valence-electron chi connectivity index (χ4n) is 2.58. The highest BCUT2D eigenvalue weighted by Crippen LogP contribution is 2.22. The van der Waals surface area contributed by atoms with Gasteiger partial charge in [0.05, 0.1) is 11.9 Å². The van der Waals surface area contributed by atoms with E-state index in [2.05, 4.69) is 10.0 Å². The highest BCUT2D eigenvalue weighted by Gasteiger charge is 2.27. The van der Waals surface area contributed by atoms with Gasteiger partial charge in [-0.3, -0.25) is 0 Å². The molecule has 0 aromatic heterocycles. The summed E-state index contributed by atoms with van der Waals surface area (Å²) in [6, 6.07) is 0.777. The average molecular weight is 290 g/mol. The van der Waals surface area contributed by atoms with Gasteiger partial charge < -0.3 is 10.1 Å². The van der Waals surface area contributed by atoms with Gasteiger partial charge in [-0.25, -0.2) is 13.1 Å². The fraction of sp³-hybridized carbons (Fsp3) is 1.00. The molecule has 0 aromatic carbocycles. The molecule has 2 unspecified atom stereocenters. The SMILES string of the molecule is COC1CCC(NS(=O)(=O)CCCCNC2CC2)C1. The molecule has 2 N–H and O–H groups in total. The smallest absolute Gasteiger partial charge is 0.211 e. The van der Waals surface area contributed by atoms with E-state index in [-0.39, 0.29) is 17.9 Å². The van der Waals surface area contributed by atoms with E-state index in [1.54, 1.807) is 7.11 Å². The minimum absolute atomic E-state index is 0.0690. The van der Waals surface area contributed by atoms with Crippen molar-refractivity contribution < 1.29 is 13.2 Å². The Bertz CT molecular complexity index is 368. The minimum Gasteiger partial charge on any atom is -0.381 e. The molecule has 2 rings (SSSR count). The van der Waals surface area contributed by atoms with Crippen molar-refractivity contribution in [2.75, 3.05) is 19.4 Å². The first-order valence-electron chi connectivity index (χ1n) is 7.35. The topological polar surface area (TPSA) is 67.4 Å². The summed E-state index contributed by atoms with van der Waals surface area (Å²) in [5, 5.41) is 3.40. The van der Waals surface area contributed by atoms with Gasteiger partial charge in [0.1, 0.15) is 0 Å². The van der Waals surface area contributed by atoms with E-state index in [1.165, 1.54) is 12.8 Å². The zero-order valence-electron chi connectivity index (χ0n) is 11.7. The number of sulfonamides is 1. The van der Waals surface area contributed by atoms with Gasteiger partial charge in [0.15, 0.2) is 0 Å². The van der Waals surface area contributed by atoms with Gasteiger partial charge in [0, 0.05) is 19.2 Å². The third kappa shape index (κ3) is 5.77. The second-order valence-corrected chi connectivity index (χ2v) is 7.61. The van der Waals surface area contributed by atoms with Crippen LogP contribution in [0.15, 0.2) is 0 Å². The predicted molar refractivity (Wildman–Crippen MR) is 75.6 cm³/mol. The molecule has 0 aromatic rings. The summed E-state index contributed by atoms with van der Waals surface area (Å²) in [6.07, 6.45) is 7.09. The van der Waals surface area contributed by atoms with Crippen LogP contribution in [0.25, 0.3) is 0 Å². The average Bonchev–Trinajstić information content (AvgIpc) is 3.07. The number of hydrogen-bond acceptors (Lipinski definition) is 4. The normalized spacial score (nSPS) is 27.8. The van der Waals surface area contributed by atoms with Crippen molar-refractivity contribution in [2.24, 2.45) is 0 Å². The second-order valence-electron chi connectivity index (χ2n) is 5.74. The molecule has 0 amide bonds. The van der Waals surface area contributed by atoms with Crippen LogP contribution in [0, 0.1) is 0 Å². The maximum Gasteiger partial charge on any atom is 0.211 e. The highest BCUT2D eigenvalue weighted by molar-refractivity contribution is 7.89. The van der Waals surface area contributed by atoms with Crippen LogP contribution in [-0.2, 0) is 14.8 Å². The van der Waals surface area contributed by atoms with E-state index in [9.17, 15) is 8.42 Å². The molecule has 2 saturated carbocycles. The molecule has 0 spiro atoms. The molecule has 19 heavy (non-hydrogen) atoms. The Hall–Kier alpha value is -0.170. The zero-order valence-corrected chi connectivity index (χ0v) is 12.5. The van der Waals surface area contributed by atoms with Crippen LogP contribution in [0.2, 0.25) is 0 Å². The third-order valence-corrected chi connectivity index (χ3v) is 5.43. The lowest BCUT2D eigenvalue weighted by Gasteiger charge is -2.13. The summed E-state index contributed by atoms with van der Waals surface area (Å²) in [5.41, 5.74) is 0. The summed E-state index contributed by atoms with van der Waals surface area (Å²) in [7, 11) is -1.43. The third-order valence-electron chi connectivity index (χ3n) is 3.91. The van der Waals surface area contributed by atoms with Crippen molar-refractivity contribution in [3.8, 4) is 0 Å². The number of hydrogen-bond donors (Lipinski definition) is 2. The van der Waals surface area contributed by atoms with Crippen LogP contribution in [0.1, 0.15) is 44.9 Å². The Morgan fingerprint density at radius 1 is 1.11 bits per heavy atom. The van der Waals surface area contributed by atoms with E-state index in [0.717, 1.165) is 38.6 Å². The number of methoxy groups -OCH3 is 1. The van der Waals surface area contributed by atoms with Gasteiger partial charge in [0.2, 0.25) is 10.0 Å². The highest BCUT2D eigenvalue weighted by atomic mass is 32.2.